The summed E-state index contributed by atoms with van der Waals surface area (Å²) in [5, 5.41) is 11.5. The summed E-state index contributed by atoms with van der Waals surface area (Å²) in [6, 6.07) is 9.99. The zero-order valence-corrected chi connectivity index (χ0v) is 12.4. The molecule has 1 atom stereocenters. The first-order chi connectivity index (χ1) is 10.5. The molecule has 116 valence electrons. The van der Waals surface area contributed by atoms with Crippen molar-refractivity contribution in [2.75, 3.05) is 5.32 Å². The Labute approximate surface area is 128 Å². The van der Waals surface area contributed by atoms with Crippen molar-refractivity contribution in [3.05, 3.63) is 47.7 Å². The normalized spacial score (nSPS) is 11.5. The van der Waals surface area contributed by atoms with E-state index in [0.717, 1.165) is 5.56 Å². The fraction of sp³-hybridized carbons (Fsp3) is 0.267. The van der Waals surface area contributed by atoms with E-state index in [2.05, 4.69) is 21.1 Å². The minimum Gasteiger partial charge on any atom is -0.360 e. The molecule has 0 radical (unpaired) electrons. The van der Waals surface area contributed by atoms with Gasteiger partial charge < -0.3 is 20.5 Å². The molecule has 0 spiro atoms. The summed E-state index contributed by atoms with van der Waals surface area (Å²) < 4.78 is 4.85. The van der Waals surface area contributed by atoms with Crippen LogP contribution in [0.25, 0.3) is 0 Å². The predicted molar refractivity (Wildman–Crippen MR) is 81.1 cm³/mol. The molecular weight excluding hydrogens is 284 g/mol. The highest BCUT2D eigenvalue weighted by atomic mass is 16.5. The second kappa shape index (κ2) is 7.26. The second-order valence-corrected chi connectivity index (χ2v) is 4.85. The molecule has 2 rings (SSSR count). The summed E-state index contributed by atoms with van der Waals surface area (Å²) in [6.45, 7) is 3.70. The lowest BCUT2D eigenvalue weighted by Gasteiger charge is -2.13. The Hall–Kier alpha value is -2.83. The molecular formula is C15H18N4O3. The largest absolute Gasteiger partial charge is 0.360 e. The van der Waals surface area contributed by atoms with Crippen LogP contribution < -0.4 is 16.0 Å². The number of nitrogens with zero attached hydrogens (tertiary/aromatic N) is 1. The summed E-state index contributed by atoms with van der Waals surface area (Å²) in [5.41, 5.74) is 0.979. The van der Waals surface area contributed by atoms with Crippen LogP contribution in [0.5, 0.6) is 0 Å². The minimum atomic E-state index is -0.701. The lowest BCUT2D eigenvalue weighted by molar-refractivity contribution is -0.117. The molecule has 0 fully saturated rings. The van der Waals surface area contributed by atoms with Crippen molar-refractivity contribution in [1.82, 2.24) is 15.8 Å². The molecule has 0 aliphatic rings. The van der Waals surface area contributed by atoms with E-state index in [1.807, 2.05) is 30.3 Å². The fourth-order valence-corrected chi connectivity index (χ4v) is 1.75. The summed E-state index contributed by atoms with van der Waals surface area (Å²) in [5.74, 6) is 0.542. The topological polar surface area (TPSA) is 96.3 Å². The number of hydrogen-bond acceptors (Lipinski definition) is 4. The molecule has 3 N–H and O–H groups in total. The van der Waals surface area contributed by atoms with E-state index in [1.54, 1.807) is 19.9 Å². The number of urea groups is 1. The molecule has 1 aromatic carbocycles. The van der Waals surface area contributed by atoms with Crippen molar-refractivity contribution in [1.29, 1.82) is 0 Å². The highest BCUT2D eigenvalue weighted by Crippen LogP contribution is 2.07. The van der Waals surface area contributed by atoms with E-state index < -0.39 is 12.1 Å². The maximum Gasteiger partial charge on any atom is 0.315 e. The Morgan fingerprint density at radius 3 is 2.64 bits per heavy atom. The van der Waals surface area contributed by atoms with Crippen LogP contribution >= 0.6 is 0 Å². The highest BCUT2D eigenvalue weighted by molar-refractivity contribution is 5.95. The van der Waals surface area contributed by atoms with Crippen molar-refractivity contribution in [2.24, 2.45) is 0 Å². The number of carbonyl (C=O) groups is 2. The Morgan fingerprint density at radius 2 is 2.00 bits per heavy atom. The van der Waals surface area contributed by atoms with Crippen molar-refractivity contribution in [3.63, 3.8) is 0 Å². The van der Waals surface area contributed by atoms with Gasteiger partial charge >= 0.3 is 6.03 Å². The molecule has 0 saturated heterocycles. The molecule has 0 saturated carbocycles. The number of nitrogens with one attached hydrogen (secondary N) is 3. The summed E-state index contributed by atoms with van der Waals surface area (Å²) >= 11 is 0. The molecule has 1 heterocycles. The third-order valence-electron chi connectivity index (χ3n) is 2.92. The molecule has 2 aromatic rings. The highest BCUT2D eigenvalue weighted by Gasteiger charge is 2.16. The van der Waals surface area contributed by atoms with Gasteiger partial charge in [0.05, 0.1) is 0 Å². The van der Waals surface area contributed by atoms with Gasteiger partial charge in [-0.1, -0.05) is 35.5 Å². The third kappa shape index (κ3) is 4.62. The van der Waals surface area contributed by atoms with Crippen LogP contribution in [0.15, 0.2) is 40.9 Å². The predicted octanol–water partition coefficient (Wildman–Crippen LogP) is 1.81. The van der Waals surface area contributed by atoms with E-state index in [0.29, 0.717) is 18.1 Å². The van der Waals surface area contributed by atoms with E-state index in [9.17, 15) is 9.59 Å². The first kappa shape index (κ1) is 15.6. The maximum absolute atomic E-state index is 11.9. The van der Waals surface area contributed by atoms with Crippen LogP contribution in [-0.4, -0.2) is 23.1 Å². The van der Waals surface area contributed by atoms with Gasteiger partial charge in [0.25, 0.3) is 0 Å². The average molecular weight is 302 g/mol. The number of hydrogen-bond donors (Lipinski definition) is 3. The van der Waals surface area contributed by atoms with Gasteiger partial charge in [-0.05, 0) is 19.4 Å². The van der Waals surface area contributed by atoms with Gasteiger partial charge in [0, 0.05) is 12.6 Å². The quantitative estimate of drug-likeness (QED) is 0.784. The first-order valence-corrected chi connectivity index (χ1v) is 6.87. The number of amides is 3. The number of carbonyl (C=O) groups excluding carboxylic acids is 2. The molecule has 0 unspecified atom stereocenters. The Balaban J connectivity index is 1.76. The molecule has 22 heavy (non-hydrogen) atoms. The molecule has 3 amide bonds. The van der Waals surface area contributed by atoms with Crippen LogP contribution in [0.2, 0.25) is 0 Å². The number of rotatable bonds is 5. The fourth-order valence-electron chi connectivity index (χ4n) is 1.75. The van der Waals surface area contributed by atoms with E-state index in [4.69, 9.17) is 4.52 Å². The third-order valence-corrected chi connectivity index (χ3v) is 2.92. The molecule has 0 bridgehead atoms. The van der Waals surface area contributed by atoms with Gasteiger partial charge in [-0.25, -0.2) is 4.79 Å². The van der Waals surface area contributed by atoms with Crippen LogP contribution in [0.3, 0.4) is 0 Å². The van der Waals surface area contributed by atoms with Crippen molar-refractivity contribution < 1.29 is 14.1 Å². The first-order valence-electron chi connectivity index (χ1n) is 6.87. The molecule has 7 heteroatoms. The smallest absolute Gasteiger partial charge is 0.315 e. The Morgan fingerprint density at radius 1 is 1.27 bits per heavy atom. The van der Waals surface area contributed by atoms with Gasteiger partial charge in [-0.3, -0.25) is 4.79 Å². The van der Waals surface area contributed by atoms with Crippen molar-refractivity contribution >= 4 is 17.8 Å². The number of aryl methyl sites for hydroxylation is 1. The van der Waals surface area contributed by atoms with Crippen molar-refractivity contribution in [2.45, 2.75) is 26.4 Å². The van der Waals surface area contributed by atoms with E-state index in [1.165, 1.54) is 0 Å². The standard InChI is InChI=1S/C15H18N4O3/c1-10-8-13(19-22-10)18-14(20)11(2)17-15(21)16-9-12-6-4-3-5-7-12/h3-8,11H,9H2,1-2H3,(H2,16,17,21)(H,18,19,20)/t11-/m0/s1. The molecule has 0 aliphatic carbocycles. The van der Waals surface area contributed by atoms with Crippen LogP contribution in [0.1, 0.15) is 18.2 Å². The van der Waals surface area contributed by atoms with Gasteiger partial charge in [-0.15, -0.1) is 0 Å². The zero-order valence-electron chi connectivity index (χ0n) is 12.4. The summed E-state index contributed by atoms with van der Waals surface area (Å²) in [7, 11) is 0. The van der Waals surface area contributed by atoms with Crippen LogP contribution in [0.4, 0.5) is 10.6 Å². The van der Waals surface area contributed by atoms with E-state index in [-0.39, 0.29) is 5.91 Å². The molecule has 1 aromatic heterocycles. The molecule has 0 aliphatic heterocycles. The van der Waals surface area contributed by atoms with Crippen molar-refractivity contribution in [3.8, 4) is 0 Å². The van der Waals surface area contributed by atoms with Crippen LogP contribution in [0, 0.1) is 6.92 Å². The monoisotopic (exact) mass is 302 g/mol. The average Bonchev–Trinajstić information content (AvgIpc) is 2.91. The lowest BCUT2D eigenvalue weighted by atomic mass is 10.2. The Bertz CT molecular complexity index is 639. The number of anilines is 1. The van der Waals surface area contributed by atoms with Gasteiger partial charge in [0.15, 0.2) is 5.82 Å². The summed E-state index contributed by atoms with van der Waals surface area (Å²) in [4.78, 5) is 23.6. The van der Waals surface area contributed by atoms with Crippen LogP contribution in [-0.2, 0) is 11.3 Å². The number of aromatic nitrogens is 1. The number of benzene rings is 1. The lowest BCUT2D eigenvalue weighted by Crippen LogP contribution is -2.46. The van der Waals surface area contributed by atoms with Gasteiger partial charge in [0.2, 0.25) is 5.91 Å². The SMILES string of the molecule is Cc1cc(NC(=O)[C@H](C)NC(=O)NCc2ccccc2)no1. The van der Waals surface area contributed by atoms with Gasteiger partial charge in [-0.2, -0.15) is 0 Å². The van der Waals surface area contributed by atoms with Gasteiger partial charge in [0.1, 0.15) is 11.8 Å². The molecule has 7 nitrogen and oxygen atoms in total. The summed E-state index contributed by atoms with van der Waals surface area (Å²) in [6.07, 6.45) is 0. The zero-order chi connectivity index (χ0) is 15.9. The maximum atomic E-state index is 11.9. The second-order valence-electron chi connectivity index (χ2n) is 4.85. The minimum absolute atomic E-state index is 0.320. The Kier molecular flexibility index (Phi) is 5.13. The van der Waals surface area contributed by atoms with E-state index >= 15 is 0 Å².